The van der Waals surface area contributed by atoms with Gasteiger partial charge in [-0.2, -0.15) is 0 Å². The quantitative estimate of drug-likeness (QED) is 0.847. The summed E-state index contributed by atoms with van der Waals surface area (Å²) in [4.78, 5) is 23.0. The van der Waals surface area contributed by atoms with Gasteiger partial charge in [-0.05, 0) is 25.1 Å². The molecule has 0 saturated heterocycles. The second kappa shape index (κ2) is 6.87. The minimum Gasteiger partial charge on any atom is -0.462 e. The number of amides is 2. The molecule has 0 atom stereocenters. The molecular formula is C16H14F2N2O3. The van der Waals surface area contributed by atoms with Crippen molar-refractivity contribution in [3.05, 3.63) is 53.5 Å². The molecule has 0 fully saturated rings. The van der Waals surface area contributed by atoms with Gasteiger partial charge in [0.15, 0.2) is 11.6 Å². The van der Waals surface area contributed by atoms with Crippen molar-refractivity contribution in [1.29, 1.82) is 0 Å². The number of nitrogens with one attached hydrogen (secondary N) is 2. The maximum Gasteiger partial charge on any atom is 0.248 e. The lowest BCUT2D eigenvalue weighted by molar-refractivity contribution is -0.114. The molecule has 23 heavy (non-hydrogen) atoms. The Hall–Kier alpha value is -2.96. The molecule has 1 aromatic heterocycles. The molecular weight excluding hydrogens is 306 g/mol. The fourth-order valence-corrected chi connectivity index (χ4v) is 1.82. The van der Waals surface area contributed by atoms with Crippen molar-refractivity contribution in [3.63, 3.8) is 0 Å². The van der Waals surface area contributed by atoms with Crippen LogP contribution < -0.4 is 10.6 Å². The zero-order valence-corrected chi connectivity index (χ0v) is 12.4. The van der Waals surface area contributed by atoms with E-state index in [0.717, 1.165) is 12.1 Å². The highest BCUT2D eigenvalue weighted by molar-refractivity contribution is 6.05. The van der Waals surface area contributed by atoms with Gasteiger partial charge in [0.25, 0.3) is 0 Å². The molecule has 7 heteroatoms. The first-order valence-corrected chi connectivity index (χ1v) is 6.67. The molecule has 0 bridgehead atoms. The van der Waals surface area contributed by atoms with Crippen LogP contribution in [0.3, 0.4) is 0 Å². The smallest absolute Gasteiger partial charge is 0.248 e. The van der Waals surface area contributed by atoms with E-state index >= 15 is 0 Å². The molecule has 0 aliphatic carbocycles. The maximum absolute atomic E-state index is 13.3. The molecule has 1 aromatic carbocycles. The molecule has 2 aromatic rings. The molecule has 0 saturated carbocycles. The Balaban J connectivity index is 2.17. The molecule has 0 aliphatic rings. The fourth-order valence-electron chi connectivity index (χ4n) is 1.82. The Bertz CT molecular complexity index is 782. The molecule has 0 aliphatic heterocycles. The van der Waals surface area contributed by atoms with Crippen molar-refractivity contribution in [2.75, 3.05) is 10.6 Å². The first-order valence-electron chi connectivity index (χ1n) is 6.67. The molecule has 1 heterocycles. The first-order chi connectivity index (χ1) is 10.8. The van der Waals surface area contributed by atoms with E-state index in [1.165, 1.54) is 19.1 Å². The molecule has 2 amide bonds. The van der Waals surface area contributed by atoms with Crippen LogP contribution >= 0.6 is 0 Å². The third kappa shape index (κ3) is 4.50. The normalized spacial score (nSPS) is 10.8. The van der Waals surface area contributed by atoms with Gasteiger partial charge in [-0.1, -0.05) is 0 Å². The van der Waals surface area contributed by atoms with Crippen molar-refractivity contribution in [2.45, 2.75) is 13.8 Å². The van der Waals surface area contributed by atoms with E-state index < -0.39 is 23.4 Å². The number of anilines is 2. The van der Waals surface area contributed by atoms with Crippen LogP contribution in [0.25, 0.3) is 6.08 Å². The third-order valence-corrected chi connectivity index (χ3v) is 2.79. The monoisotopic (exact) mass is 320 g/mol. The van der Waals surface area contributed by atoms with Crippen LogP contribution in [0.5, 0.6) is 0 Å². The van der Waals surface area contributed by atoms with E-state index in [9.17, 15) is 18.4 Å². The summed E-state index contributed by atoms with van der Waals surface area (Å²) in [5.74, 6) is -2.17. The van der Waals surface area contributed by atoms with E-state index in [1.54, 1.807) is 19.1 Å². The lowest BCUT2D eigenvalue weighted by Gasteiger charge is -2.11. The number of furan rings is 1. The number of hydrogen-bond donors (Lipinski definition) is 2. The van der Waals surface area contributed by atoms with Crippen LogP contribution in [-0.2, 0) is 9.59 Å². The largest absolute Gasteiger partial charge is 0.462 e. The summed E-state index contributed by atoms with van der Waals surface area (Å²) < 4.78 is 31.8. The Labute approximate surface area is 131 Å². The number of benzene rings is 1. The maximum atomic E-state index is 13.3. The number of rotatable bonds is 4. The predicted octanol–water partition coefficient (Wildman–Crippen LogP) is 3.48. The fraction of sp³-hybridized carbons (Fsp3) is 0.125. The number of carbonyl (C=O) groups is 2. The summed E-state index contributed by atoms with van der Waals surface area (Å²) >= 11 is 0. The second-order valence-corrected chi connectivity index (χ2v) is 4.76. The summed E-state index contributed by atoms with van der Waals surface area (Å²) in [6.45, 7) is 2.98. The lowest BCUT2D eigenvalue weighted by Crippen LogP contribution is -2.13. The van der Waals surface area contributed by atoms with Gasteiger partial charge in [-0.25, -0.2) is 8.78 Å². The number of halogens is 2. The van der Waals surface area contributed by atoms with E-state index in [2.05, 4.69) is 10.6 Å². The molecule has 120 valence electrons. The Morgan fingerprint density at radius 3 is 2.22 bits per heavy atom. The van der Waals surface area contributed by atoms with Gasteiger partial charge < -0.3 is 15.1 Å². The zero-order valence-electron chi connectivity index (χ0n) is 12.4. The number of hydrogen-bond acceptors (Lipinski definition) is 3. The molecule has 2 rings (SSSR count). The average molecular weight is 320 g/mol. The third-order valence-electron chi connectivity index (χ3n) is 2.79. The van der Waals surface area contributed by atoms with Crippen molar-refractivity contribution >= 4 is 29.3 Å². The van der Waals surface area contributed by atoms with Crippen molar-refractivity contribution in [3.8, 4) is 0 Å². The Morgan fingerprint density at radius 1 is 1.09 bits per heavy atom. The van der Waals surface area contributed by atoms with E-state index in [1.807, 2.05) is 0 Å². The number of aryl methyl sites for hydroxylation is 1. The van der Waals surface area contributed by atoms with E-state index in [0.29, 0.717) is 11.5 Å². The average Bonchev–Trinajstić information content (AvgIpc) is 2.87. The summed E-state index contributed by atoms with van der Waals surface area (Å²) in [5.41, 5.74) is -0.0867. The van der Waals surface area contributed by atoms with Crippen LogP contribution in [-0.4, -0.2) is 11.8 Å². The first kappa shape index (κ1) is 16.4. The van der Waals surface area contributed by atoms with E-state index in [-0.39, 0.29) is 11.4 Å². The molecule has 0 radical (unpaired) electrons. The van der Waals surface area contributed by atoms with Gasteiger partial charge in [-0.15, -0.1) is 0 Å². The minimum absolute atomic E-state index is 0.0352. The zero-order chi connectivity index (χ0) is 17.0. The van der Waals surface area contributed by atoms with Crippen molar-refractivity contribution in [2.24, 2.45) is 0 Å². The lowest BCUT2D eigenvalue weighted by atomic mass is 10.2. The van der Waals surface area contributed by atoms with Crippen LogP contribution in [0, 0.1) is 18.6 Å². The van der Waals surface area contributed by atoms with Crippen molar-refractivity contribution in [1.82, 2.24) is 0 Å². The summed E-state index contributed by atoms with van der Waals surface area (Å²) in [6, 6.07) is 5.01. The highest BCUT2D eigenvalue weighted by Crippen LogP contribution is 2.25. The molecule has 0 unspecified atom stereocenters. The van der Waals surface area contributed by atoms with Gasteiger partial charge in [-0.3, -0.25) is 9.59 Å². The Kier molecular flexibility index (Phi) is 4.90. The molecule has 2 N–H and O–H groups in total. The SMILES string of the molecule is CC(=O)Nc1cc(F)c(F)cc1NC(=O)/C=C/c1ccc(C)o1. The summed E-state index contributed by atoms with van der Waals surface area (Å²) in [6.07, 6.45) is 2.61. The van der Waals surface area contributed by atoms with Crippen LogP contribution in [0.4, 0.5) is 20.2 Å². The summed E-state index contributed by atoms with van der Waals surface area (Å²) in [7, 11) is 0. The molecule has 0 spiro atoms. The molecule has 5 nitrogen and oxygen atoms in total. The van der Waals surface area contributed by atoms with Gasteiger partial charge in [0.1, 0.15) is 11.5 Å². The van der Waals surface area contributed by atoms with Gasteiger partial charge in [0.2, 0.25) is 11.8 Å². The highest BCUT2D eigenvalue weighted by atomic mass is 19.2. The predicted molar refractivity (Wildman–Crippen MR) is 81.8 cm³/mol. The van der Waals surface area contributed by atoms with Gasteiger partial charge in [0.05, 0.1) is 11.4 Å². The number of carbonyl (C=O) groups excluding carboxylic acids is 2. The van der Waals surface area contributed by atoms with Crippen molar-refractivity contribution < 1.29 is 22.8 Å². The van der Waals surface area contributed by atoms with E-state index in [4.69, 9.17) is 4.42 Å². The van der Waals surface area contributed by atoms with Crippen LogP contribution in [0.15, 0.2) is 34.8 Å². The topological polar surface area (TPSA) is 71.3 Å². The van der Waals surface area contributed by atoms with Crippen LogP contribution in [0.2, 0.25) is 0 Å². The highest BCUT2D eigenvalue weighted by Gasteiger charge is 2.12. The van der Waals surface area contributed by atoms with Gasteiger partial charge in [0, 0.05) is 25.1 Å². The Morgan fingerprint density at radius 2 is 1.70 bits per heavy atom. The second-order valence-electron chi connectivity index (χ2n) is 4.76. The van der Waals surface area contributed by atoms with Gasteiger partial charge >= 0.3 is 0 Å². The summed E-state index contributed by atoms with van der Waals surface area (Å²) in [5, 5.41) is 4.69. The standard InChI is InChI=1S/C16H14F2N2O3/c1-9-3-4-11(23-9)5-6-16(22)20-15-8-13(18)12(17)7-14(15)19-10(2)21/h3-8H,1-2H3,(H,19,21)(H,20,22)/b6-5+. The van der Waals surface area contributed by atoms with Crippen LogP contribution in [0.1, 0.15) is 18.4 Å². The minimum atomic E-state index is -1.14.